The molecule has 12 heteroatoms. The number of nitrogens with one attached hydrogen (secondary N) is 2. The number of piperidine rings is 1. The molecule has 1 aromatic heterocycles. The standard InChI is InChI=1S/C19H19Cl2N3O5S2/c20-15-5-6-17(19-18(15)16(21)11-22-19)23-30(26,27)13-1-3-14(4-2-13)31(28,29)24-9-7-12(25)8-10-24/h1-6,11-12,22-23,25H,7-10H2. The Labute approximate surface area is 189 Å². The van der Waals surface area contributed by atoms with Gasteiger partial charge in [0, 0.05) is 24.7 Å². The number of aliphatic hydroxyl groups excluding tert-OH is 1. The van der Waals surface area contributed by atoms with Crippen molar-refractivity contribution < 1.29 is 21.9 Å². The summed E-state index contributed by atoms with van der Waals surface area (Å²) in [7, 11) is -7.77. The molecule has 1 saturated heterocycles. The topological polar surface area (TPSA) is 120 Å². The molecule has 31 heavy (non-hydrogen) atoms. The number of hydrogen-bond donors (Lipinski definition) is 3. The Morgan fingerprint density at radius 1 is 0.935 bits per heavy atom. The third kappa shape index (κ3) is 4.28. The number of benzene rings is 2. The van der Waals surface area contributed by atoms with E-state index in [0.717, 1.165) is 0 Å². The van der Waals surface area contributed by atoms with Crippen LogP contribution in [0.1, 0.15) is 12.8 Å². The van der Waals surface area contributed by atoms with E-state index < -0.39 is 26.2 Å². The molecular formula is C19H19Cl2N3O5S2. The molecule has 0 radical (unpaired) electrons. The lowest BCUT2D eigenvalue weighted by molar-refractivity contribution is 0.113. The van der Waals surface area contributed by atoms with Gasteiger partial charge in [0.05, 0.1) is 37.1 Å². The number of H-pyrrole nitrogens is 1. The first kappa shape index (κ1) is 22.4. The van der Waals surface area contributed by atoms with Gasteiger partial charge in [-0.1, -0.05) is 23.2 Å². The number of rotatable bonds is 5. The van der Waals surface area contributed by atoms with E-state index in [1.807, 2.05) is 0 Å². The first-order chi connectivity index (χ1) is 14.6. The SMILES string of the molecule is O=S(=O)(Nc1ccc(Cl)c2c(Cl)c[nH]c12)c1ccc(S(=O)(=O)N2CCC(O)CC2)cc1. The maximum absolute atomic E-state index is 12.9. The summed E-state index contributed by atoms with van der Waals surface area (Å²) < 4.78 is 55.0. The van der Waals surface area contributed by atoms with Gasteiger partial charge in [-0.05, 0) is 49.2 Å². The average Bonchev–Trinajstić information content (AvgIpc) is 3.13. The van der Waals surface area contributed by atoms with Gasteiger partial charge in [0.15, 0.2) is 0 Å². The highest BCUT2D eigenvalue weighted by molar-refractivity contribution is 7.92. The van der Waals surface area contributed by atoms with Gasteiger partial charge >= 0.3 is 0 Å². The molecule has 0 saturated carbocycles. The molecule has 0 atom stereocenters. The summed E-state index contributed by atoms with van der Waals surface area (Å²) >= 11 is 12.2. The molecule has 2 aromatic carbocycles. The molecule has 3 aromatic rings. The summed E-state index contributed by atoms with van der Waals surface area (Å²) in [5, 5.41) is 10.8. The van der Waals surface area contributed by atoms with Crippen molar-refractivity contribution in [1.29, 1.82) is 0 Å². The van der Waals surface area contributed by atoms with Crippen LogP contribution in [0.15, 0.2) is 52.4 Å². The fourth-order valence-electron chi connectivity index (χ4n) is 3.48. The van der Waals surface area contributed by atoms with Crippen LogP contribution in [-0.4, -0.2) is 50.4 Å². The van der Waals surface area contributed by atoms with Crippen LogP contribution in [0.25, 0.3) is 10.9 Å². The Morgan fingerprint density at radius 3 is 2.19 bits per heavy atom. The molecule has 1 aliphatic heterocycles. The Bertz CT molecular complexity index is 1330. The maximum atomic E-state index is 12.9. The van der Waals surface area contributed by atoms with E-state index in [0.29, 0.717) is 33.8 Å². The average molecular weight is 504 g/mol. The number of sulfonamides is 2. The summed E-state index contributed by atoms with van der Waals surface area (Å²) in [6.45, 7) is 0.437. The summed E-state index contributed by atoms with van der Waals surface area (Å²) in [6, 6.07) is 8.05. The third-order valence-electron chi connectivity index (χ3n) is 5.18. The molecule has 4 rings (SSSR count). The van der Waals surface area contributed by atoms with Gasteiger partial charge in [-0.25, -0.2) is 16.8 Å². The molecule has 0 unspecified atom stereocenters. The number of hydrogen-bond acceptors (Lipinski definition) is 5. The van der Waals surface area contributed by atoms with Crippen molar-refractivity contribution in [3.05, 3.63) is 52.6 Å². The van der Waals surface area contributed by atoms with E-state index in [2.05, 4.69) is 9.71 Å². The number of anilines is 1. The first-order valence-corrected chi connectivity index (χ1v) is 13.0. The quantitative estimate of drug-likeness (QED) is 0.492. The van der Waals surface area contributed by atoms with Crippen molar-refractivity contribution in [2.45, 2.75) is 28.7 Å². The Balaban J connectivity index is 1.60. The summed E-state index contributed by atoms with van der Waals surface area (Å²) in [4.78, 5) is 2.79. The van der Waals surface area contributed by atoms with Gasteiger partial charge in [0.25, 0.3) is 10.0 Å². The van der Waals surface area contributed by atoms with Crippen LogP contribution >= 0.6 is 23.2 Å². The number of halogens is 2. The van der Waals surface area contributed by atoms with Crippen LogP contribution in [0.4, 0.5) is 5.69 Å². The number of fused-ring (bicyclic) bond motifs is 1. The minimum atomic E-state index is -4.00. The molecule has 1 aliphatic rings. The van der Waals surface area contributed by atoms with Gasteiger partial charge in [-0.3, -0.25) is 4.72 Å². The van der Waals surface area contributed by atoms with Crippen molar-refractivity contribution in [1.82, 2.24) is 9.29 Å². The fraction of sp³-hybridized carbons (Fsp3) is 0.263. The second-order valence-electron chi connectivity index (χ2n) is 7.19. The van der Waals surface area contributed by atoms with Gasteiger partial charge in [0.2, 0.25) is 10.0 Å². The van der Waals surface area contributed by atoms with Crippen molar-refractivity contribution in [2.75, 3.05) is 17.8 Å². The van der Waals surface area contributed by atoms with E-state index >= 15 is 0 Å². The van der Waals surface area contributed by atoms with Crippen molar-refractivity contribution >= 4 is 59.8 Å². The van der Waals surface area contributed by atoms with Crippen LogP contribution in [0.2, 0.25) is 10.0 Å². The molecule has 0 amide bonds. The zero-order chi connectivity index (χ0) is 22.4. The van der Waals surface area contributed by atoms with Crippen LogP contribution in [-0.2, 0) is 20.0 Å². The van der Waals surface area contributed by atoms with Crippen molar-refractivity contribution in [3.8, 4) is 0 Å². The largest absolute Gasteiger partial charge is 0.393 e. The third-order valence-corrected chi connectivity index (χ3v) is 9.08. The minimum absolute atomic E-state index is 0.00660. The maximum Gasteiger partial charge on any atom is 0.261 e. The van der Waals surface area contributed by atoms with Gasteiger partial charge in [0.1, 0.15) is 0 Å². The zero-order valence-corrected chi connectivity index (χ0v) is 19.2. The van der Waals surface area contributed by atoms with Crippen molar-refractivity contribution in [3.63, 3.8) is 0 Å². The van der Waals surface area contributed by atoms with Crippen LogP contribution in [0.3, 0.4) is 0 Å². The predicted molar refractivity (Wildman–Crippen MR) is 120 cm³/mol. The molecule has 0 spiro atoms. The lowest BCUT2D eigenvalue weighted by atomic mass is 10.1. The van der Waals surface area contributed by atoms with E-state index in [-0.39, 0.29) is 28.6 Å². The number of aliphatic hydroxyl groups is 1. The summed E-state index contributed by atoms with van der Waals surface area (Å²) in [6.07, 6.45) is 1.75. The fourth-order valence-corrected chi connectivity index (χ4v) is 6.58. The highest BCUT2D eigenvalue weighted by atomic mass is 35.5. The van der Waals surface area contributed by atoms with Gasteiger partial charge in [-0.15, -0.1) is 0 Å². The smallest absolute Gasteiger partial charge is 0.261 e. The van der Waals surface area contributed by atoms with Crippen LogP contribution in [0, 0.1) is 0 Å². The minimum Gasteiger partial charge on any atom is -0.393 e. The Morgan fingerprint density at radius 2 is 1.55 bits per heavy atom. The molecule has 8 nitrogen and oxygen atoms in total. The molecular weight excluding hydrogens is 485 g/mol. The molecule has 1 fully saturated rings. The lowest BCUT2D eigenvalue weighted by Gasteiger charge is -2.28. The Kier molecular flexibility index (Phi) is 5.97. The normalized spacial score (nSPS) is 16.6. The molecule has 2 heterocycles. The van der Waals surface area contributed by atoms with Crippen molar-refractivity contribution in [2.24, 2.45) is 0 Å². The predicted octanol–water partition coefficient (Wildman–Crippen LogP) is 3.42. The summed E-state index contributed by atoms with van der Waals surface area (Å²) in [5.74, 6) is 0. The number of aromatic nitrogens is 1. The number of aromatic amines is 1. The molecule has 0 bridgehead atoms. The summed E-state index contributed by atoms with van der Waals surface area (Å²) in [5.41, 5.74) is 0.697. The molecule has 3 N–H and O–H groups in total. The highest BCUT2D eigenvalue weighted by Gasteiger charge is 2.29. The van der Waals surface area contributed by atoms with E-state index in [4.69, 9.17) is 23.2 Å². The van der Waals surface area contributed by atoms with E-state index in [1.54, 1.807) is 0 Å². The second-order valence-corrected chi connectivity index (χ2v) is 11.6. The van der Waals surface area contributed by atoms with Gasteiger partial charge < -0.3 is 10.1 Å². The van der Waals surface area contributed by atoms with Crippen LogP contribution < -0.4 is 4.72 Å². The van der Waals surface area contributed by atoms with Gasteiger partial charge in [-0.2, -0.15) is 4.31 Å². The number of nitrogens with zero attached hydrogens (tertiary/aromatic N) is 1. The highest BCUT2D eigenvalue weighted by Crippen LogP contribution is 2.35. The second kappa shape index (κ2) is 8.27. The van der Waals surface area contributed by atoms with E-state index in [1.165, 1.54) is 46.9 Å². The molecule has 166 valence electrons. The van der Waals surface area contributed by atoms with E-state index in [9.17, 15) is 21.9 Å². The lowest BCUT2D eigenvalue weighted by Crippen LogP contribution is -2.39. The van der Waals surface area contributed by atoms with Crippen LogP contribution in [0.5, 0.6) is 0 Å². The monoisotopic (exact) mass is 503 g/mol. The Hall–Kier alpha value is -1.82. The zero-order valence-electron chi connectivity index (χ0n) is 16.0. The molecule has 0 aliphatic carbocycles. The first-order valence-electron chi connectivity index (χ1n) is 9.36.